The van der Waals surface area contributed by atoms with E-state index in [0.29, 0.717) is 0 Å². The van der Waals surface area contributed by atoms with Crippen molar-refractivity contribution in [2.45, 2.75) is 26.2 Å². The van der Waals surface area contributed by atoms with E-state index in [0.717, 1.165) is 29.8 Å². The summed E-state index contributed by atoms with van der Waals surface area (Å²) in [5.74, 6) is 0.806. The first kappa shape index (κ1) is 12.3. The van der Waals surface area contributed by atoms with Crippen LogP contribution >= 0.6 is 0 Å². The van der Waals surface area contributed by atoms with E-state index in [4.69, 9.17) is 0 Å². The van der Waals surface area contributed by atoms with Crippen molar-refractivity contribution in [1.82, 2.24) is 9.88 Å². The standard InChI is InChI=1S/C16H20N2O/c1-10-4-6-14-12(8-10)13-9-11(16(19)18(2)3)5-7-15(13)17-14/h5,7,9-10,17H,4,6,8H2,1-3H3/t10-/m1/s1. The van der Waals surface area contributed by atoms with Crippen molar-refractivity contribution in [3.8, 4) is 0 Å². The second-order valence-electron chi connectivity index (χ2n) is 5.89. The largest absolute Gasteiger partial charge is 0.358 e. The highest BCUT2D eigenvalue weighted by Crippen LogP contribution is 2.32. The van der Waals surface area contributed by atoms with Gasteiger partial charge in [-0.15, -0.1) is 0 Å². The normalized spacial score (nSPS) is 18.4. The molecule has 0 bridgehead atoms. The Morgan fingerprint density at radius 2 is 2.16 bits per heavy atom. The molecule has 3 nitrogen and oxygen atoms in total. The van der Waals surface area contributed by atoms with Gasteiger partial charge in [0.15, 0.2) is 0 Å². The Morgan fingerprint density at radius 3 is 2.89 bits per heavy atom. The van der Waals surface area contributed by atoms with Gasteiger partial charge in [0, 0.05) is 36.3 Å². The lowest BCUT2D eigenvalue weighted by Gasteiger charge is -2.18. The van der Waals surface area contributed by atoms with Gasteiger partial charge in [0.05, 0.1) is 0 Å². The van der Waals surface area contributed by atoms with Crippen LogP contribution in [0.2, 0.25) is 0 Å². The maximum absolute atomic E-state index is 12.1. The summed E-state index contributed by atoms with van der Waals surface area (Å²) in [4.78, 5) is 17.2. The van der Waals surface area contributed by atoms with Gasteiger partial charge in [-0.1, -0.05) is 6.92 Å². The van der Waals surface area contributed by atoms with Gasteiger partial charge in [-0.3, -0.25) is 4.79 Å². The number of nitrogens with zero attached hydrogens (tertiary/aromatic N) is 1. The lowest BCUT2D eigenvalue weighted by Crippen LogP contribution is -2.21. The first-order valence-corrected chi connectivity index (χ1v) is 6.91. The third-order valence-electron chi connectivity index (χ3n) is 4.09. The van der Waals surface area contributed by atoms with Crippen molar-refractivity contribution in [3.63, 3.8) is 0 Å². The Balaban J connectivity index is 2.12. The van der Waals surface area contributed by atoms with Gasteiger partial charge in [0.2, 0.25) is 0 Å². The average Bonchev–Trinajstić information content (AvgIpc) is 2.75. The summed E-state index contributed by atoms with van der Waals surface area (Å²) in [5.41, 5.74) is 4.72. The summed E-state index contributed by atoms with van der Waals surface area (Å²) in [6.45, 7) is 2.30. The number of hydrogen-bond donors (Lipinski definition) is 1. The molecule has 0 spiro atoms. The number of carbonyl (C=O) groups is 1. The van der Waals surface area contributed by atoms with Gasteiger partial charge >= 0.3 is 0 Å². The van der Waals surface area contributed by atoms with E-state index in [9.17, 15) is 4.79 Å². The summed E-state index contributed by atoms with van der Waals surface area (Å²) >= 11 is 0. The molecule has 3 heteroatoms. The molecule has 19 heavy (non-hydrogen) atoms. The Kier molecular flexibility index (Phi) is 2.85. The quantitative estimate of drug-likeness (QED) is 0.836. The Labute approximate surface area is 113 Å². The highest BCUT2D eigenvalue weighted by atomic mass is 16.2. The smallest absolute Gasteiger partial charge is 0.253 e. The van der Waals surface area contributed by atoms with Crippen LogP contribution in [-0.2, 0) is 12.8 Å². The van der Waals surface area contributed by atoms with E-state index in [2.05, 4.69) is 11.9 Å². The molecule has 0 unspecified atom stereocenters. The first-order chi connectivity index (χ1) is 9.06. The van der Waals surface area contributed by atoms with E-state index in [1.165, 1.54) is 23.1 Å². The van der Waals surface area contributed by atoms with E-state index in [1.54, 1.807) is 19.0 Å². The lowest BCUT2D eigenvalue weighted by molar-refractivity contribution is 0.0828. The van der Waals surface area contributed by atoms with Crippen molar-refractivity contribution in [2.75, 3.05) is 14.1 Å². The highest BCUT2D eigenvalue weighted by molar-refractivity contribution is 5.98. The van der Waals surface area contributed by atoms with E-state index < -0.39 is 0 Å². The minimum atomic E-state index is 0.0701. The second kappa shape index (κ2) is 4.41. The van der Waals surface area contributed by atoms with Gasteiger partial charge in [0.1, 0.15) is 0 Å². The monoisotopic (exact) mass is 256 g/mol. The van der Waals surface area contributed by atoms with Crippen LogP contribution in [0.3, 0.4) is 0 Å². The lowest BCUT2D eigenvalue weighted by atomic mass is 9.87. The number of hydrogen-bond acceptors (Lipinski definition) is 1. The predicted octanol–water partition coefficient (Wildman–Crippen LogP) is 2.99. The number of nitrogens with one attached hydrogen (secondary N) is 1. The van der Waals surface area contributed by atoms with Crippen LogP contribution in [0.5, 0.6) is 0 Å². The topological polar surface area (TPSA) is 36.1 Å². The molecule has 1 N–H and O–H groups in total. The van der Waals surface area contributed by atoms with Gasteiger partial charge in [-0.2, -0.15) is 0 Å². The van der Waals surface area contributed by atoms with Crippen molar-refractivity contribution >= 4 is 16.8 Å². The molecule has 0 saturated heterocycles. The zero-order chi connectivity index (χ0) is 13.6. The molecule has 1 aliphatic rings. The van der Waals surface area contributed by atoms with E-state index in [1.807, 2.05) is 18.2 Å². The Hall–Kier alpha value is -1.77. The minimum Gasteiger partial charge on any atom is -0.358 e. The van der Waals surface area contributed by atoms with Crippen LogP contribution in [0.15, 0.2) is 18.2 Å². The van der Waals surface area contributed by atoms with E-state index >= 15 is 0 Å². The summed E-state index contributed by atoms with van der Waals surface area (Å²) in [5, 5.41) is 1.23. The molecule has 0 saturated carbocycles. The van der Waals surface area contributed by atoms with Crippen LogP contribution in [0.25, 0.3) is 10.9 Å². The van der Waals surface area contributed by atoms with Gasteiger partial charge in [-0.05, 0) is 48.9 Å². The fourth-order valence-corrected chi connectivity index (χ4v) is 2.98. The number of aryl methyl sites for hydroxylation is 1. The zero-order valence-electron chi connectivity index (χ0n) is 11.8. The van der Waals surface area contributed by atoms with Crippen molar-refractivity contribution in [2.24, 2.45) is 5.92 Å². The van der Waals surface area contributed by atoms with Crippen molar-refractivity contribution < 1.29 is 4.79 Å². The summed E-state index contributed by atoms with van der Waals surface area (Å²) in [6.07, 6.45) is 3.50. The fraction of sp³-hybridized carbons (Fsp3) is 0.438. The highest BCUT2D eigenvalue weighted by Gasteiger charge is 2.20. The van der Waals surface area contributed by atoms with Gasteiger partial charge in [0.25, 0.3) is 5.91 Å². The van der Waals surface area contributed by atoms with Crippen LogP contribution in [-0.4, -0.2) is 29.9 Å². The van der Waals surface area contributed by atoms with Crippen molar-refractivity contribution in [1.29, 1.82) is 0 Å². The number of benzene rings is 1. The van der Waals surface area contributed by atoms with Crippen LogP contribution < -0.4 is 0 Å². The summed E-state index contributed by atoms with van der Waals surface area (Å²) in [6, 6.07) is 6.00. The van der Waals surface area contributed by atoms with Crippen LogP contribution in [0.1, 0.15) is 35.0 Å². The SMILES string of the molecule is C[C@@H]1CCc2[nH]c3ccc(C(=O)N(C)C)cc3c2C1. The minimum absolute atomic E-state index is 0.0701. The third-order valence-corrected chi connectivity index (χ3v) is 4.09. The molecule has 1 amide bonds. The molecule has 1 heterocycles. The molecule has 3 rings (SSSR count). The second-order valence-corrected chi connectivity index (χ2v) is 5.89. The van der Waals surface area contributed by atoms with Crippen molar-refractivity contribution in [3.05, 3.63) is 35.0 Å². The maximum atomic E-state index is 12.1. The number of aromatic amines is 1. The van der Waals surface area contributed by atoms with Crippen LogP contribution in [0, 0.1) is 5.92 Å². The molecule has 1 atom stereocenters. The average molecular weight is 256 g/mol. The molecule has 2 aromatic rings. The zero-order valence-corrected chi connectivity index (χ0v) is 11.8. The molecule has 0 fully saturated rings. The number of rotatable bonds is 1. The number of carbonyl (C=O) groups excluding carboxylic acids is 1. The fourth-order valence-electron chi connectivity index (χ4n) is 2.98. The van der Waals surface area contributed by atoms with Gasteiger partial charge in [-0.25, -0.2) is 0 Å². The number of aromatic nitrogens is 1. The molecule has 1 aromatic heterocycles. The molecule has 1 aliphatic carbocycles. The number of amides is 1. The van der Waals surface area contributed by atoms with Gasteiger partial charge < -0.3 is 9.88 Å². The van der Waals surface area contributed by atoms with Crippen LogP contribution in [0.4, 0.5) is 0 Å². The summed E-state index contributed by atoms with van der Waals surface area (Å²) in [7, 11) is 3.59. The molecular weight excluding hydrogens is 236 g/mol. The third kappa shape index (κ3) is 2.03. The summed E-state index contributed by atoms with van der Waals surface area (Å²) < 4.78 is 0. The molecule has 1 aromatic carbocycles. The first-order valence-electron chi connectivity index (χ1n) is 6.91. The molecule has 0 radical (unpaired) electrons. The Bertz CT molecular complexity index is 639. The molecule has 0 aliphatic heterocycles. The molecular formula is C16H20N2O. The van der Waals surface area contributed by atoms with E-state index in [-0.39, 0.29) is 5.91 Å². The number of fused-ring (bicyclic) bond motifs is 3. The Morgan fingerprint density at radius 1 is 1.37 bits per heavy atom. The predicted molar refractivity (Wildman–Crippen MR) is 77.5 cm³/mol. The molecule has 100 valence electrons. The maximum Gasteiger partial charge on any atom is 0.253 e. The number of H-pyrrole nitrogens is 1.